The van der Waals surface area contributed by atoms with Gasteiger partial charge in [0.05, 0.1) is 23.7 Å². The largest absolute Gasteiger partial charge is 0.465 e. The van der Waals surface area contributed by atoms with Crippen molar-refractivity contribution >= 4 is 26.9 Å². The van der Waals surface area contributed by atoms with Crippen molar-refractivity contribution in [1.29, 1.82) is 0 Å². The zero-order valence-corrected chi connectivity index (χ0v) is 20.3. The van der Waals surface area contributed by atoms with Crippen LogP contribution in [-0.4, -0.2) is 50.0 Å². The topological polar surface area (TPSA) is 106 Å². The van der Waals surface area contributed by atoms with Gasteiger partial charge in [-0.1, -0.05) is 0 Å². The Kier molecular flexibility index (Phi) is 6.88. The molecule has 2 heterocycles. The molecule has 34 heavy (non-hydrogen) atoms. The molecule has 1 fully saturated rings. The summed E-state index contributed by atoms with van der Waals surface area (Å²) >= 11 is 0. The normalized spacial score (nSPS) is 16.3. The van der Waals surface area contributed by atoms with Gasteiger partial charge in [0, 0.05) is 30.8 Å². The van der Waals surface area contributed by atoms with Gasteiger partial charge in [-0.2, -0.15) is 4.31 Å². The summed E-state index contributed by atoms with van der Waals surface area (Å²) < 4.78 is 38.8. The minimum Gasteiger partial charge on any atom is -0.465 e. The summed E-state index contributed by atoms with van der Waals surface area (Å²) in [4.78, 5) is 27.5. The summed E-state index contributed by atoms with van der Waals surface area (Å²) in [6.45, 7) is 4.58. The number of sulfonamides is 1. The maximum absolute atomic E-state index is 13.6. The van der Waals surface area contributed by atoms with Gasteiger partial charge in [-0.15, -0.1) is 0 Å². The molecule has 1 aliphatic heterocycles. The number of aromatic amines is 1. The summed E-state index contributed by atoms with van der Waals surface area (Å²) in [5, 5.41) is 0.842. The predicted octanol–water partition coefficient (Wildman–Crippen LogP) is 3.30. The summed E-state index contributed by atoms with van der Waals surface area (Å²) in [6, 6.07) is 11.2. The van der Waals surface area contributed by atoms with Crippen LogP contribution in [0.1, 0.15) is 39.9 Å². The first-order valence-electron chi connectivity index (χ1n) is 11.1. The fourth-order valence-electron chi connectivity index (χ4n) is 4.12. The van der Waals surface area contributed by atoms with E-state index in [0.29, 0.717) is 17.7 Å². The SMILES string of the molecule is COC(=O)c1ccc(S(=O)(=O)N(Cc2cc3cc(C)c(C)cc3[nH]c2=O)C[C@@H]2CCCO2)cc1. The molecular weight excluding hydrogens is 456 g/mol. The molecule has 180 valence electrons. The first-order valence-corrected chi connectivity index (χ1v) is 12.6. The molecule has 0 spiro atoms. The highest BCUT2D eigenvalue weighted by molar-refractivity contribution is 7.89. The number of carbonyl (C=O) groups is 1. The number of rotatable bonds is 7. The number of ether oxygens (including phenoxy) is 2. The third-order valence-corrected chi connectivity index (χ3v) is 8.05. The lowest BCUT2D eigenvalue weighted by Gasteiger charge is -2.25. The molecule has 1 aliphatic rings. The lowest BCUT2D eigenvalue weighted by molar-refractivity contribution is 0.0600. The van der Waals surface area contributed by atoms with Gasteiger partial charge in [-0.05, 0) is 85.7 Å². The van der Waals surface area contributed by atoms with Crippen molar-refractivity contribution in [1.82, 2.24) is 9.29 Å². The minimum absolute atomic E-state index is 0.0295. The van der Waals surface area contributed by atoms with E-state index in [2.05, 4.69) is 9.72 Å². The molecular formula is C25H28N2O6S. The highest BCUT2D eigenvalue weighted by atomic mass is 32.2. The second-order valence-electron chi connectivity index (χ2n) is 8.60. The van der Waals surface area contributed by atoms with Gasteiger partial charge in [0.2, 0.25) is 10.0 Å². The number of H-pyrrole nitrogens is 1. The zero-order valence-electron chi connectivity index (χ0n) is 19.5. The maximum atomic E-state index is 13.6. The van der Waals surface area contributed by atoms with Gasteiger partial charge in [-0.3, -0.25) is 4.79 Å². The highest BCUT2D eigenvalue weighted by Crippen LogP contribution is 2.24. The van der Waals surface area contributed by atoms with Gasteiger partial charge in [-0.25, -0.2) is 13.2 Å². The van der Waals surface area contributed by atoms with Gasteiger partial charge in [0.1, 0.15) is 0 Å². The summed E-state index contributed by atoms with van der Waals surface area (Å²) in [5.74, 6) is -0.548. The number of methoxy groups -OCH3 is 1. The van der Waals surface area contributed by atoms with Gasteiger partial charge < -0.3 is 14.5 Å². The van der Waals surface area contributed by atoms with Crippen LogP contribution in [0.25, 0.3) is 10.9 Å². The molecule has 4 rings (SSSR count). The number of nitrogens with zero attached hydrogens (tertiary/aromatic N) is 1. The summed E-state index contributed by atoms with van der Waals surface area (Å²) in [5.41, 5.74) is 3.13. The van der Waals surface area contributed by atoms with Crippen LogP contribution in [0.3, 0.4) is 0 Å². The standard InChI is InChI=1S/C25H28N2O6S/c1-16-11-19-13-20(24(28)26-23(19)12-17(16)2)14-27(15-21-5-4-10-33-21)34(30,31)22-8-6-18(7-9-22)25(29)32-3/h6-9,11-13,21H,4-5,10,14-15H2,1-3H3,(H,26,28)/t21-/m0/s1. The number of aromatic nitrogens is 1. The van der Waals surface area contributed by atoms with E-state index in [1.165, 1.54) is 35.7 Å². The van der Waals surface area contributed by atoms with Crippen LogP contribution in [-0.2, 0) is 26.0 Å². The lowest BCUT2D eigenvalue weighted by Crippen LogP contribution is -2.38. The number of carbonyl (C=O) groups excluding carboxylic acids is 1. The van der Waals surface area contributed by atoms with E-state index in [1.807, 2.05) is 26.0 Å². The Morgan fingerprint density at radius 3 is 2.50 bits per heavy atom. The molecule has 1 atom stereocenters. The van der Waals surface area contributed by atoms with E-state index in [0.717, 1.165) is 29.4 Å². The number of hydrogen-bond donors (Lipinski definition) is 1. The molecule has 1 aromatic heterocycles. The fourth-order valence-corrected chi connectivity index (χ4v) is 5.57. The average molecular weight is 485 g/mol. The Morgan fingerprint density at radius 1 is 1.15 bits per heavy atom. The highest BCUT2D eigenvalue weighted by Gasteiger charge is 2.30. The molecule has 0 aliphatic carbocycles. The number of benzene rings is 2. The van der Waals surface area contributed by atoms with Crippen molar-refractivity contribution in [2.45, 2.75) is 44.2 Å². The van der Waals surface area contributed by atoms with Crippen LogP contribution in [0.2, 0.25) is 0 Å². The van der Waals surface area contributed by atoms with E-state index in [-0.39, 0.29) is 35.2 Å². The molecule has 3 aromatic rings. The van der Waals surface area contributed by atoms with Crippen molar-refractivity contribution in [3.63, 3.8) is 0 Å². The second kappa shape index (κ2) is 9.69. The fraction of sp³-hybridized carbons (Fsp3) is 0.360. The van der Waals surface area contributed by atoms with Crippen molar-refractivity contribution in [2.24, 2.45) is 0 Å². The lowest BCUT2D eigenvalue weighted by atomic mass is 10.0. The van der Waals surface area contributed by atoms with E-state index >= 15 is 0 Å². The Bertz CT molecular complexity index is 1370. The molecule has 0 radical (unpaired) electrons. The van der Waals surface area contributed by atoms with E-state index in [4.69, 9.17) is 4.74 Å². The molecule has 8 nitrogen and oxygen atoms in total. The number of nitrogens with one attached hydrogen (secondary N) is 1. The second-order valence-corrected chi connectivity index (χ2v) is 10.5. The first-order chi connectivity index (χ1) is 16.2. The summed E-state index contributed by atoms with van der Waals surface area (Å²) in [7, 11) is -2.71. The Morgan fingerprint density at radius 2 is 1.85 bits per heavy atom. The van der Waals surface area contributed by atoms with Crippen molar-refractivity contribution in [3.05, 3.63) is 75.1 Å². The van der Waals surface area contributed by atoms with E-state index in [9.17, 15) is 18.0 Å². The third kappa shape index (κ3) is 4.91. The van der Waals surface area contributed by atoms with Crippen LogP contribution < -0.4 is 5.56 Å². The van der Waals surface area contributed by atoms with E-state index < -0.39 is 16.0 Å². The maximum Gasteiger partial charge on any atom is 0.337 e. The molecule has 1 saturated heterocycles. The van der Waals surface area contributed by atoms with Gasteiger partial charge >= 0.3 is 5.97 Å². The predicted molar refractivity (Wildman–Crippen MR) is 128 cm³/mol. The molecule has 0 bridgehead atoms. The summed E-state index contributed by atoms with van der Waals surface area (Å²) in [6.07, 6.45) is 1.37. The average Bonchev–Trinajstić information content (AvgIpc) is 3.33. The molecule has 2 aromatic carbocycles. The van der Waals surface area contributed by atoms with Gasteiger partial charge in [0.15, 0.2) is 0 Å². The number of fused-ring (bicyclic) bond motifs is 1. The molecule has 0 unspecified atom stereocenters. The Balaban J connectivity index is 1.71. The van der Waals surface area contributed by atoms with Crippen LogP contribution >= 0.6 is 0 Å². The zero-order chi connectivity index (χ0) is 24.5. The van der Waals surface area contributed by atoms with Crippen LogP contribution in [0.4, 0.5) is 0 Å². The number of aryl methyl sites for hydroxylation is 2. The van der Waals surface area contributed by atoms with Crippen LogP contribution in [0, 0.1) is 13.8 Å². The molecule has 1 N–H and O–H groups in total. The van der Waals surface area contributed by atoms with Crippen molar-refractivity contribution < 1.29 is 22.7 Å². The molecule has 9 heteroatoms. The quantitative estimate of drug-likeness (QED) is 0.516. The third-order valence-electron chi connectivity index (χ3n) is 6.23. The smallest absolute Gasteiger partial charge is 0.337 e. The first kappa shape index (κ1) is 24.1. The monoisotopic (exact) mass is 484 g/mol. The minimum atomic E-state index is -3.97. The molecule has 0 amide bonds. The number of hydrogen-bond acceptors (Lipinski definition) is 6. The van der Waals surface area contributed by atoms with Crippen molar-refractivity contribution in [2.75, 3.05) is 20.3 Å². The number of esters is 1. The Hall–Kier alpha value is -3.01. The van der Waals surface area contributed by atoms with E-state index in [1.54, 1.807) is 6.07 Å². The van der Waals surface area contributed by atoms with Gasteiger partial charge in [0.25, 0.3) is 5.56 Å². The molecule has 0 saturated carbocycles. The number of pyridine rings is 1. The van der Waals surface area contributed by atoms with Crippen LogP contribution in [0.5, 0.6) is 0 Å². The van der Waals surface area contributed by atoms with Crippen LogP contribution in [0.15, 0.2) is 52.2 Å². The van der Waals surface area contributed by atoms with Crippen molar-refractivity contribution in [3.8, 4) is 0 Å². The Labute approximate surface area is 198 Å².